The minimum absolute atomic E-state index is 0.389. The highest BCUT2D eigenvalue weighted by atomic mass is 19.1. The average molecular weight is 321 g/mol. The van der Waals surface area contributed by atoms with Gasteiger partial charge in [0, 0.05) is 24.7 Å². The molecule has 0 N–H and O–H groups in total. The first-order valence-electron chi connectivity index (χ1n) is 7.28. The SMILES string of the molecule is COc1cc(C)c(CN(C)Cc2ccc(F)cc2F)cc1OC. The van der Waals surface area contributed by atoms with E-state index in [1.165, 1.54) is 12.1 Å². The van der Waals surface area contributed by atoms with Gasteiger partial charge < -0.3 is 9.47 Å². The van der Waals surface area contributed by atoms with Crippen LogP contribution in [0.5, 0.6) is 11.5 Å². The van der Waals surface area contributed by atoms with Crippen molar-refractivity contribution in [1.82, 2.24) is 4.90 Å². The molecule has 0 atom stereocenters. The van der Waals surface area contributed by atoms with Gasteiger partial charge in [-0.15, -0.1) is 0 Å². The molecule has 0 aromatic heterocycles. The summed E-state index contributed by atoms with van der Waals surface area (Å²) in [7, 11) is 5.08. The van der Waals surface area contributed by atoms with E-state index in [4.69, 9.17) is 9.47 Å². The highest BCUT2D eigenvalue weighted by Crippen LogP contribution is 2.30. The molecule has 0 aliphatic carbocycles. The van der Waals surface area contributed by atoms with E-state index in [-0.39, 0.29) is 0 Å². The summed E-state index contributed by atoms with van der Waals surface area (Å²) >= 11 is 0. The Balaban J connectivity index is 2.15. The predicted molar refractivity (Wildman–Crippen MR) is 85.8 cm³/mol. The maximum atomic E-state index is 13.7. The summed E-state index contributed by atoms with van der Waals surface area (Å²) < 4.78 is 37.3. The summed E-state index contributed by atoms with van der Waals surface area (Å²) in [6.45, 7) is 2.99. The lowest BCUT2D eigenvalue weighted by molar-refractivity contribution is 0.310. The number of halogens is 2. The van der Waals surface area contributed by atoms with Crippen LogP contribution in [-0.2, 0) is 13.1 Å². The molecule has 0 aliphatic rings. The summed E-state index contributed by atoms with van der Waals surface area (Å²) in [5.41, 5.74) is 2.59. The number of methoxy groups -OCH3 is 2. The lowest BCUT2D eigenvalue weighted by Gasteiger charge is -2.20. The summed E-state index contributed by atoms with van der Waals surface area (Å²) in [5, 5.41) is 0. The minimum Gasteiger partial charge on any atom is -0.493 e. The molecule has 0 amide bonds. The van der Waals surface area contributed by atoms with Gasteiger partial charge in [0.1, 0.15) is 11.6 Å². The largest absolute Gasteiger partial charge is 0.493 e. The number of nitrogens with zero attached hydrogens (tertiary/aromatic N) is 1. The average Bonchev–Trinajstić information content (AvgIpc) is 2.51. The van der Waals surface area contributed by atoms with Crippen molar-refractivity contribution >= 4 is 0 Å². The van der Waals surface area contributed by atoms with Gasteiger partial charge in [-0.2, -0.15) is 0 Å². The van der Waals surface area contributed by atoms with Crippen LogP contribution in [0.4, 0.5) is 8.78 Å². The first-order valence-corrected chi connectivity index (χ1v) is 7.28. The molecule has 2 aromatic rings. The second-order valence-electron chi connectivity index (χ2n) is 5.54. The molecule has 23 heavy (non-hydrogen) atoms. The fraction of sp³-hybridized carbons (Fsp3) is 0.333. The van der Waals surface area contributed by atoms with Gasteiger partial charge in [-0.25, -0.2) is 8.78 Å². The van der Waals surface area contributed by atoms with Gasteiger partial charge in [-0.1, -0.05) is 6.07 Å². The van der Waals surface area contributed by atoms with Crippen LogP contribution in [0.3, 0.4) is 0 Å². The van der Waals surface area contributed by atoms with Crippen molar-refractivity contribution in [3.63, 3.8) is 0 Å². The summed E-state index contributed by atoms with van der Waals surface area (Å²) in [4.78, 5) is 1.96. The first kappa shape index (κ1) is 17.2. The van der Waals surface area contributed by atoms with Gasteiger partial charge in [0.2, 0.25) is 0 Å². The second kappa shape index (κ2) is 7.42. The molecular formula is C18H21F2NO2. The number of hydrogen-bond donors (Lipinski definition) is 0. The van der Waals surface area contributed by atoms with Crippen LogP contribution >= 0.6 is 0 Å². The maximum absolute atomic E-state index is 13.7. The Morgan fingerprint density at radius 3 is 2.13 bits per heavy atom. The number of ether oxygens (including phenoxy) is 2. The molecule has 0 saturated carbocycles. The van der Waals surface area contributed by atoms with E-state index in [1.807, 2.05) is 31.0 Å². The van der Waals surface area contributed by atoms with Gasteiger partial charge in [-0.05, 0) is 43.3 Å². The normalized spacial score (nSPS) is 10.9. The highest BCUT2D eigenvalue weighted by Gasteiger charge is 2.12. The molecule has 0 unspecified atom stereocenters. The molecule has 0 heterocycles. The van der Waals surface area contributed by atoms with E-state index in [9.17, 15) is 8.78 Å². The quantitative estimate of drug-likeness (QED) is 0.805. The molecule has 0 spiro atoms. The fourth-order valence-electron chi connectivity index (χ4n) is 2.48. The van der Waals surface area contributed by atoms with Crippen LogP contribution in [0.1, 0.15) is 16.7 Å². The zero-order valence-corrected chi connectivity index (χ0v) is 13.8. The van der Waals surface area contributed by atoms with Crippen molar-refractivity contribution in [3.8, 4) is 11.5 Å². The van der Waals surface area contributed by atoms with Crippen LogP contribution in [0.15, 0.2) is 30.3 Å². The van der Waals surface area contributed by atoms with Crippen LogP contribution in [0.2, 0.25) is 0 Å². The first-order chi connectivity index (χ1) is 10.9. The van der Waals surface area contributed by atoms with Crippen molar-refractivity contribution in [3.05, 3.63) is 58.7 Å². The molecule has 5 heteroatoms. The van der Waals surface area contributed by atoms with E-state index in [2.05, 4.69) is 0 Å². The van der Waals surface area contributed by atoms with Crippen LogP contribution in [-0.4, -0.2) is 26.2 Å². The minimum atomic E-state index is -0.565. The highest BCUT2D eigenvalue weighted by molar-refractivity contribution is 5.47. The van der Waals surface area contributed by atoms with Gasteiger partial charge in [0.15, 0.2) is 11.5 Å². The molecular weight excluding hydrogens is 300 g/mol. The van der Waals surface area contributed by atoms with Crippen molar-refractivity contribution in [2.75, 3.05) is 21.3 Å². The summed E-state index contributed by atoms with van der Waals surface area (Å²) in [6, 6.07) is 7.49. The number of benzene rings is 2. The summed E-state index contributed by atoms with van der Waals surface area (Å²) in [5.74, 6) is 0.251. The number of aryl methyl sites for hydroxylation is 1. The Morgan fingerprint density at radius 1 is 0.913 bits per heavy atom. The van der Waals surface area contributed by atoms with Gasteiger partial charge >= 0.3 is 0 Å². The molecule has 2 rings (SSSR count). The Bertz CT molecular complexity index is 689. The summed E-state index contributed by atoms with van der Waals surface area (Å²) in [6.07, 6.45) is 0. The molecule has 0 fully saturated rings. The Labute approximate surface area is 135 Å². The Morgan fingerprint density at radius 2 is 1.52 bits per heavy atom. The fourth-order valence-corrected chi connectivity index (χ4v) is 2.48. The molecule has 2 aromatic carbocycles. The standard InChI is InChI=1S/C18H21F2NO2/c1-12-7-17(22-3)18(23-4)8-14(12)11-21(2)10-13-5-6-15(19)9-16(13)20/h5-9H,10-11H2,1-4H3. The van der Waals surface area contributed by atoms with Gasteiger partial charge in [-0.3, -0.25) is 4.90 Å². The van der Waals surface area contributed by atoms with Crippen LogP contribution < -0.4 is 9.47 Å². The van der Waals surface area contributed by atoms with E-state index < -0.39 is 11.6 Å². The van der Waals surface area contributed by atoms with E-state index in [0.29, 0.717) is 30.2 Å². The number of rotatable bonds is 6. The van der Waals surface area contributed by atoms with Gasteiger partial charge in [0.05, 0.1) is 14.2 Å². The van der Waals surface area contributed by atoms with E-state index in [0.717, 1.165) is 17.2 Å². The maximum Gasteiger partial charge on any atom is 0.161 e. The smallest absolute Gasteiger partial charge is 0.161 e. The van der Waals surface area contributed by atoms with Crippen molar-refractivity contribution in [2.24, 2.45) is 0 Å². The third-order valence-electron chi connectivity index (χ3n) is 3.74. The third kappa shape index (κ3) is 4.20. The van der Waals surface area contributed by atoms with Crippen LogP contribution in [0, 0.1) is 18.6 Å². The number of hydrogen-bond acceptors (Lipinski definition) is 3. The molecule has 3 nitrogen and oxygen atoms in total. The van der Waals surface area contributed by atoms with E-state index in [1.54, 1.807) is 14.2 Å². The zero-order valence-electron chi connectivity index (χ0n) is 13.8. The molecule has 0 radical (unpaired) electrons. The van der Waals surface area contributed by atoms with Gasteiger partial charge in [0.25, 0.3) is 0 Å². The van der Waals surface area contributed by atoms with E-state index >= 15 is 0 Å². The molecule has 124 valence electrons. The zero-order chi connectivity index (χ0) is 17.0. The van der Waals surface area contributed by atoms with Crippen LogP contribution in [0.25, 0.3) is 0 Å². The topological polar surface area (TPSA) is 21.7 Å². The Hall–Kier alpha value is -2.14. The Kier molecular flexibility index (Phi) is 5.55. The molecule has 0 saturated heterocycles. The third-order valence-corrected chi connectivity index (χ3v) is 3.74. The molecule has 0 bridgehead atoms. The van der Waals surface area contributed by atoms with Crippen molar-refractivity contribution in [2.45, 2.75) is 20.0 Å². The lowest BCUT2D eigenvalue weighted by Crippen LogP contribution is -2.18. The van der Waals surface area contributed by atoms with Crippen molar-refractivity contribution in [1.29, 1.82) is 0 Å². The molecule has 0 aliphatic heterocycles. The van der Waals surface area contributed by atoms with Crippen molar-refractivity contribution < 1.29 is 18.3 Å². The lowest BCUT2D eigenvalue weighted by atomic mass is 10.1. The predicted octanol–water partition coefficient (Wildman–Crippen LogP) is 3.92. The monoisotopic (exact) mass is 321 g/mol. The second-order valence-corrected chi connectivity index (χ2v) is 5.54.